The summed E-state index contributed by atoms with van der Waals surface area (Å²) in [4.78, 5) is 11.3. The van der Waals surface area contributed by atoms with Gasteiger partial charge in [0.25, 0.3) is 0 Å². The Morgan fingerprint density at radius 3 is 2.95 bits per heavy atom. The van der Waals surface area contributed by atoms with E-state index in [1.54, 1.807) is 7.11 Å². The Bertz CT molecular complexity index is 437. The van der Waals surface area contributed by atoms with Gasteiger partial charge < -0.3 is 15.0 Å². The Balaban J connectivity index is 2.21. The van der Waals surface area contributed by atoms with E-state index in [0.29, 0.717) is 5.95 Å². The van der Waals surface area contributed by atoms with E-state index in [2.05, 4.69) is 27.1 Å². The summed E-state index contributed by atoms with van der Waals surface area (Å²) in [5.41, 5.74) is 0.917. The molecule has 19 heavy (non-hydrogen) atoms. The van der Waals surface area contributed by atoms with Gasteiger partial charge in [-0.25, -0.2) is 4.98 Å². The van der Waals surface area contributed by atoms with E-state index < -0.39 is 0 Å². The highest BCUT2D eigenvalue weighted by atomic mass is 16.5. The third-order valence-corrected chi connectivity index (χ3v) is 3.65. The topological polar surface area (TPSA) is 50.3 Å². The van der Waals surface area contributed by atoms with Crippen molar-refractivity contribution in [3.63, 3.8) is 0 Å². The molecule has 106 valence electrons. The van der Waals surface area contributed by atoms with Crippen LogP contribution in [-0.2, 0) is 4.74 Å². The zero-order valence-electron chi connectivity index (χ0n) is 12.4. The summed E-state index contributed by atoms with van der Waals surface area (Å²) in [6.07, 6.45) is 2.23. The maximum absolute atomic E-state index is 5.64. The molecule has 1 saturated heterocycles. The molecule has 1 aromatic rings. The molecule has 0 amide bonds. The number of hydrogen-bond acceptors (Lipinski definition) is 5. The number of ether oxygens (including phenoxy) is 1. The molecule has 1 N–H and O–H groups in total. The Morgan fingerprint density at radius 2 is 2.26 bits per heavy atom. The lowest BCUT2D eigenvalue weighted by Crippen LogP contribution is -2.47. The Labute approximate surface area is 115 Å². The van der Waals surface area contributed by atoms with Crippen LogP contribution in [0.25, 0.3) is 0 Å². The van der Waals surface area contributed by atoms with E-state index in [4.69, 9.17) is 4.74 Å². The molecule has 1 aliphatic rings. The zero-order valence-corrected chi connectivity index (χ0v) is 12.4. The van der Waals surface area contributed by atoms with Gasteiger partial charge in [-0.2, -0.15) is 4.98 Å². The average molecular weight is 264 g/mol. The standard InChI is InChI=1S/C14H24N4O/c1-5-15-13-16-11(2)9-12(17-13)18-8-6-7-14(3,10-18)19-4/h9H,5-8,10H2,1-4H3,(H,15,16,17). The number of nitrogens with one attached hydrogen (secondary N) is 1. The molecule has 1 fully saturated rings. The van der Waals surface area contributed by atoms with Gasteiger partial charge in [0.15, 0.2) is 0 Å². The molecule has 0 spiro atoms. The maximum atomic E-state index is 5.64. The Kier molecular flexibility index (Phi) is 4.24. The van der Waals surface area contributed by atoms with Crippen molar-refractivity contribution in [2.24, 2.45) is 0 Å². The van der Waals surface area contributed by atoms with Gasteiger partial charge in [-0.05, 0) is 33.6 Å². The summed E-state index contributed by atoms with van der Waals surface area (Å²) in [7, 11) is 1.79. The fourth-order valence-electron chi connectivity index (χ4n) is 2.52. The van der Waals surface area contributed by atoms with Crippen LogP contribution in [0.15, 0.2) is 6.07 Å². The molecular formula is C14H24N4O. The van der Waals surface area contributed by atoms with Gasteiger partial charge >= 0.3 is 0 Å². The second-order valence-corrected chi connectivity index (χ2v) is 5.40. The van der Waals surface area contributed by atoms with Crippen molar-refractivity contribution in [1.29, 1.82) is 0 Å². The quantitative estimate of drug-likeness (QED) is 0.903. The molecule has 1 atom stereocenters. The van der Waals surface area contributed by atoms with Gasteiger partial charge in [-0.15, -0.1) is 0 Å². The van der Waals surface area contributed by atoms with Crippen molar-refractivity contribution in [2.75, 3.05) is 37.0 Å². The largest absolute Gasteiger partial charge is 0.377 e. The van der Waals surface area contributed by atoms with Gasteiger partial charge in [0.05, 0.1) is 5.60 Å². The van der Waals surface area contributed by atoms with Crippen LogP contribution in [0.5, 0.6) is 0 Å². The Hall–Kier alpha value is -1.36. The van der Waals surface area contributed by atoms with Crippen LogP contribution in [0.4, 0.5) is 11.8 Å². The van der Waals surface area contributed by atoms with Gasteiger partial charge in [-0.1, -0.05) is 0 Å². The summed E-state index contributed by atoms with van der Waals surface area (Å²) < 4.78 is 5.64. The lowest BCUT2D eigenvalue weighted by atomic mass is 9.95. The predicted octanol–water partition coefficient (Wildman–Crippen LogP) is 2.22. The second-order valence-electron chi connectivity index (χ2n) is 5.40. The minimum Gasteiger partial charge on any atom is -0.377 e. The zero-order chi connectivity index (χ0) is 13.9. The van der Waals surface area contributed by atoms with Crippen molar-refractivity contribution >= 4 is 11.8 Å². The van der Waals surface area contributed by atoms with Crippen molar-refractivity contribution < 1.29 is 4.74 Å². The molecule has 5 nitrogen and oxygen atoms in total. The smallest absolute Gasteiger partial charge is 0.224 e. The molecule has 1 unspecified atom stereocenters. The van der Waals surface area contributed by atoms with E-state index in [9.17, 15) is 0 Å². The molecule has 0 aliphatic carbocycles. The minimum atomic E-state index is -0.0740. The van der Waals surface area contributed by atoms with E-state index >= 15 is 0 Å². The highest BCUT2D eigenvalue weighted by Gasteiger charge is 2.31. The number of nitrogens with zero attached hydrogens (tertiary/aromatic N) is 3. The van der Waals surface area contributed by atoms with Crippen molar-refractivity contribution in [2.45, 2.75) is 39.2 Å². The first-order valence-electron chi connectivity index (χ1n) is 6.96. The number of rotatable bonds is 4. The first-order valence-corrected chi connectivity index (χ1v) is 6.96. The second kappa shape index (κ2) is 5.74. The van der Waals surface area contributed by atoms with E-state index in [1.807, 2.05) is 19.9 Å². The van der Waals surface area contributed by atoms with Gasteiger partial charge in [-0.3, -0.25) is 0 Å². The third kappa shape index (κ3) is 3.35. The summed E-state index contributed by atoms with van der Waals surface area (Å²) in [6.45, 7) is 8.96. The van der Waals surface area contributed by atoms with Gasteiger partial charge in [0.1, 0.15) is 5.82 Å². The first kappa shape index (κ1) is 14.1. The van der Waals surface area contributed by atoms with Crippen LogP contribution in [0, 0.1) is 6.92 Å². The maximum Gasteiger partial charge on any atom is 0.224 e. The lowest BCUT2D eigenvalue weighted by molar-refractivity contribution is -0.00481. The van der Waals surface area contributed by atoms with E-state index in [1.165, 1.54) is 0 Å². The first-order chi connectivity index (χ1) is 9.06. The summed E-state index contributed by atoms with van der Waals surface area (Å²) in [5, 5.41) is 3.18. The van der Waals surface area contributed by atoms with Crippen LogP contribution in [0.3, 0.4) is 0 Å². The minimum absolute atomic E-state index is 0.0740. The van der Waals surface area contributed by atoms with Crippen molar-refractivity contribution in [3.8, 4) is 0 Å². The number of aryl methyl sites for hydroxylation is 1. The van der Waals surface area contributed by atoms with Crippen LogP contribution in [0.1, 0.15) is 32.4 Å². The lowest BCUT2D eigenvalue weighted by Gasteiger charge is -2.40. The summed E-state index contributed by atoms with van der Waals surface area (Å²) in [5.74, 6) is 1.70. The van der Waals surface area contributed by atoms with Crippen molar-refractivity contribution in [1.82, 2.24) is 9.97 Å². The number of anilines is 2. The van der Waals surface area contributed by atoms with Gasteiger partial charge in [0, 0.05) is 38.5 Å². The number of methoxy groups -OCH3 is 1. The summed E-state index contributed by atoms with van der Waals surface area (Å²) in [6, 6.07) is 2.04. The third-order valence-electron chi connectivity index (χ3n) is 3.65. The van der Waals surface area contributed by atoms with E-state index in [0.717, 1.165) is 44.0 Å². The normalized spacial score (nSPS) is 23.5. The molecule has 0 bridgehead atoms. The monoisotopic (exact) mass is 264 g/mol. The Morgan fingerprint density at radius 1 is 1.47 bits per heavy atom. The van der Waals surface area contributed by atoms with Crippen LogP contribution >= 0.6 is 0 Å². The highest BCUT2D eigenvalue weighted by Crippen LogP contribution is 2.27. The molecule has 5 heteroatoms. The highest BCUT2D eigenvalue weighted by molar-refractivity contribution is 5.45. The number of aromatic nitrogens is 2. The van der Waals surface area contributed by atoms with Gasteiger partial charge in [0.2, 0.25) is 5.95 Å². The predicted molar refractivity (Wildman–Crippen MR) is 77.8 cm³/mol. The molecule has 0 saturated carbocycles. The fraction of sp³-hybridized carbons (Fsp3) is 0.714. The molecular weight excluding hydrogens is 240 g/mol. The number of piperidine rings is 1. The average Bonchev–Trinajstić information content (AvgIpc) is 2.38. The SMILES string of the molecule is CCNc1nc(C)cc(N2CCCC(C)(OC)C2)n1. The van der Waals surface area contributed by atoms with Crippen molar-refractivity contribution in [3.05, 3.63) is 11.8 Å². The molecule has 0 aromatic carbocycles. The molecule has 2 rings (SSSR count). The van der Waals surface area contributed by atoms with Crippen LogP contribution in [-0.4, -0.2) is 42.3 Å². The molecule has 2 heterocycles. The summed E-state index contributed by atoms with van der Waals surface area (Å²) >= 11 is 0. The number of hydrogen-bond donors (Lipinski definition) is 1. The van der Waals surface area contributed by atoms with Crippen LogP contribution < -0.4 is 10.2 Å². The molecule has 1 aliphatic heterocycles. The molecule has 1 aromatic heterocycles. The molecule has 0 radical (unpaired) electrons. The fourth-order valence-corrected chi connectivity index (χ4v) is 2.52. The van der Waals surface area contributed by atoms with E-state index in [-0.39, 0.29) is 5.60 Å². The van der Waals surface area contributed by atoms with Crippen LogP contribution in [0.2, 0.25) is 0 Å².